The Hall–Kier alpha value is -4.16. The van der Waals surface area contributed by atoms with Gasteiger partial charge in [0.2, 0.25) is 0 Å². The van der Waals surface area contributed by atoms with Crippen LogP contribution in [0.4, 0.5) is 0 Å². The number of carbonyl (C=O) groups excluding carboxylic acids is 1. The van der Waals surface area contributed by atoms with Crippen LogP contribution in [0.5, 0.6) is 5.75 Å². The Kier molecular flexibility index (Phi) is 6.96. The molecule has 0 atom stereocenters. The quantitative estimate of drug-likeness (QED) is 0.127. The molecule has 1 aromatic heterocycles. The molecule has 0 unspecified atom stereocenters. The molecule has 1 amide bonds. The highest BCUT2D eigenvalue weighted by Crippen LogP contribution is 2.25. The van der Waals surface area contributed by atoms with Crippen molar-refractivity contribution in [2.24, 2.45) is 5.10 Å². The molecule has 0 radical (unpaired) electrons. The summed E-state index contributed by atoms with van der Waals surface area (Å²) in [5, 5.41) is 7.31. The number of rotatable bonds is 8. The molecule has 0 bridgehead atoms. The molecule has 5 nitrogen and oxygen atoms in total. The second kappa shape index (κ2) is 10.6. The SMILES string of the molecule is C=CCc1cc(/C=N/NC(=O)c2cc3cc(Br)ccc3o2)ccc1OCc1cccc2ccccc12. The van der Waals surface area contributed by atoms with Gasteiger partial charge in [-0.3, -0.25) is 4.79 Å². The number of nitrogens with one attached hydrogen (secondary N) is 1. The van der Waals surface area contributed by atoms with Crippen molar-refractivity contribution in [3.05, 3.63) is 125 Å². The number of ether oxygens (including phenoxy) is 1. The van der Waals surface area contributed by atoms with Crippen molar-refractivity contribution < 1.29 is 13.9 Å². The van der Waals surface area contributed by atoms with Gasteiger partial charge >= 0.3 is 5.91 Å². The minimum absolute atomic E-state index is 0.199. The maximum atomic E-state index is 12.5. The van der Waals surface area contributed by atoms with Gasteiger partial charge in [-0.15, -0.1) is 6.58 Å². The number of benzene rings is 4. The molecule has 0 spiro atoms. The largest absolute Gasteiger partial charge is 0.489 e. The monoisotopic (exact) mass is 538 g/mol. The molecule has 36 heavy (non-hydrogen) atoms. The molecule has 5 rings (SSSR count). The van der Waals surface area contributed by atoms with E-state index < -0.39 is 5.91 Å². The van der Waals surface area contributed by atoms with Crippen LogP contribution in [-0.4, -0.2) is 12.1 Å². The van der Waals surface area contributed by atoms with E-state index >= 15 is 0 Å². The molecule has 5 aromatic rings. The summed E-state index contributed by atoms with van der Waals surface area (Å²) in [4.78, 5) is 12.5. The van der Waals surface area contributed by atoms with Crippen molar-refractivity contribution in [3.8, 4) is 5.75 Å². The number of halogens is 1. The molecule has 0 fully saturated rings. The summed E-state index contributed by atoms with van der Waals surface area (Å²) in [6.07, 6.45) is 4.08. The lowest BCUT2D eigenvalue weighted by molar-refractivity contribution is 0.0929. The van der Waals surface area contributed by atoms with Gasteiger partial charge in [-0.1, -0.05) is 64.5 Å². The van der Waals surface area contributed by atoms with E-state index in [1.165, 1.54) is 10.8 Å². The normalized spacial score (nSPS) is 11.2. The lowest BCUT2D eigenvalue weighted by atomic mass is 10.0. The van der Waals surface area contributed by atoms with Crippen LogP contribution in [-0.2, 0) is 13.0 Å². The van der Waals surface area contributed by atoms with Crippen LogP contribution in [0.3, 0.4) is 0 Å². The molecule has 0 aliphatic rings. The predicted molar refractivity (Wildman–Crippen MR) is 148 cm³/mol. The van der Waals surface area contributed by atoms with Crippen LogP contribution in [0.1, 0.15) is 27.2 Å². The first-order valence-electron chi connectivity index (χ1n) is 11.5. The minimum atomic E-state index is -0.417. The van der Waals surface area contributed by atoms with Gasteiger partial charge in [-0.25, -0.2) is 5.43 Å². The lowest BCUT2D eigenvalue weighted by Gasteiger charge is -2.13. The van der Waals surface area contributed by atoms with Crippen LogP contribution >= 0.6 is 15.9 Å². The Morgan fingerprint density at radius 3 is 2.72 bits per heavy atom. The number of fused-ring (bicyclic) bond motifs is 2. The smallest absolute Gasteiger partial charge is 0.307 e. The van der Waals surface area contributed by atoms with E-state index in [4.69, 9.17) is 9.15 Å². The minimum Gasteiger partial charge on any atom is -0.489 e. The second-order valence-electron chi connectivity index (χ2n) is 8.28. The Labute approximate surface area is 217 Å². The summed E-state index contributed by atoms with van der Waals surface area (Å²) in [5.74, 6) is 0.571. The van der Waals surface area contributed by atoms with Crippen molar-refractivity contribution in [3.63, 3.8) is 0 Å². The fraction of sp³-hybridized carbons (Fsp3) is 0.0667. The van der Waals surface area contributed by atoms with Gasteiger partial charge in [0.1, 0.15) is 17.9 Å². The van der Waals surface area contributed by atoms with Crippen molar-refractivity contribution in [1.82, 2.24) is 5.43 Å². The van der Waals surface area contributed by atoms with E-state index in [1.54, 1.807) is 12.3 Å². The molecule has 0 aliphatic carbocycles. The number of hydrogen-bond acceptors (Lipinski definition) is 4. The van der Waals surface area contributed by atoms with Crippen LogP contribution in [0.15, 0.2) is 112 Å². The Balaban J connectivity index is 1.28. The van der Waals surface area contributed by atoms with Gasteiger partial charge in [0, 0.05) is 9.86 Å². The molecule has 1 heterocycles. The number of carbonyl (C=O) groups is 1. The van der Waals surface area contributed by atoms with E-state index in [0.29, 0.717) is 18.6 Å². The number of allylic oxidation sites excluding steroid dienone is 1. The van der Waals surface area contributed by atoms with Crippen molar-refractivity contribution in [1.29, 1.82) is 0 Å². The molecule has 1 N–H and O–H groups in total. The summed E-state index contributed by atoms with van der Waals surface area (Å²) < 4.78 is 12.7. The van der Waals surface area contributed by atoms with E-state index in [0.717, 1.165) is 32.3 Å². The van der Waals surface area contributed by atoms with Gasteiger partial charge in [0.15, 0.2) is 5.76 Å². The third-order valence-corrected chi connectivity index (χ3v) is 6.29. The molecular weight excluding hydrogens is 516 g/mol. The number of hydrogen-bond donors (Lipinski definition) is 1. The zero-order valence-corrected chi connectivity index (χ0v) is 21.0. The highest BCUT2D eigenvalue weighted by Gasteiger charge is 2.12. The molecule has 0 aliphatic heterocycles. The average molecular weight is 539 g/mol. The lowest BCUT2D eigenvalue weighted by Crippen LogP contribution is -2.16. The summed E-state index contributed by atoms with van der Waals surface area (Å²) in [5.41, 5.74) is 6.12. The van der Waals surface area contributed by atoms with Gasteiger partial charge in [-0.05, 0) is 76.3 Å². The highest BCUT2D eigenvalue weighted by atomic mass is 79.9. The maximum absolute atomic E-state index is 12.5. The van der Waals surface area contributed by atoms with Crippen LogP contribution in [0, 0.1) is 0 Å². The van der Waals surface area contributed by atoms with E-state index in [9.17, 15) is 4.79 Å². The molecular formula is C30H23BrN2O3. The topological polar surface area (TPSA) is 63.8 Å². The summed E-state index contributed by atoms with van der Waals surface area (Å²) >= 11 is 3.42. The van der Waals surface area contributed by atoms with Crippen molar-refractivity contribution in [2.45, 2.75) is 13.0 Å². The number of furan rings is 1. The highest BCUT2D eigenvalue weighted by molar-refractivity contribution is 9.10. The fourth-order valence-electron chi connectivity index (χ4n) is 4.06. The average Bonchev–Trinajstić information content (AvgIpc) is 3.32. The standard InChI is InChI=1S/C30H23BrN2O3/c1-2-6-22-15-20(18-32-33-30(34)29-17-24-16-25(31)12-14-28(24)36-29)11-13-27(22)35-19-23-9-5-8-21-7-3-4-10-26(21)23/h2-5,7-18H,1,6,19H2,(H,33,34)/b32-18+. The van der Waals surface area contributed by atoms with Gasteiger partial charge in [0.05, 0.1) is 6.21 Å². The number of nitrogens with zero attached hydrogens (tertiary/aromatic N) is 1. The van der Waals surface area contributed by atoms with Gasteiger partial charge in [-0.2, -0.15) is 5.10 Å². The maximum Gasteiger partial charge on any atom is 0.307 e. The fourth-order valence-corrected chi connectivity index (χ4v) is 4.43. The second-order valence-corrected chi connectivity index (χ2v) is 9.19. The first-order valence-corrected chi connectivity index (χ1v) is 12.3. The van der Waals surface area contributed by atoms with Crippen molar-refractivity contribution >= 4 is 49.8 Å². The Morgan fingerprint density at radius 1 is 0.972 bits per heavy atom. The van der Waals surface area contributed by atoms with Crippen LogP contribution < -0.4 is 10.2 Å². The first-order chi connectivity index (χ1) is 17.6. The first kappa shape index (κ1) is 23.6. The zero-order valence-electron chi connectivity index (χ0n) is 19.4. The summed E-state index contributed by atoms with van der Waals surface area (Å²) in [6, 6.07) is 27.6. The Bertz CT molecular complexity index is 1600. The number of amides is 1. The van der Waals surface area contributed by atoms with Crippen LogP contribution in [0.25, 0.3) is 21.7 Å². The molecule has 0 saturated heterocycles. The van der Waals surface area contributed by atoms with E-state index in [-0.39, 0.29) is 5.76 Å². The number of hydrazone groups is 1. The summed E-state index contributed by atoms with van der Waals surface area (Å²) in [7, 11) is 0. The molecule has 6 heteroatoms. The Morgan fingerprint density at radius 2 is 1.83 bits per heavy atom. The summed E-state index contributed by atoms with van der Waals surface area (Å²) in [6.45, 7) is 4.33. The van der Waals surface area contributed by atoms with Crippen LogP contribution in [0.2, 0.25) is 0 Å². The molecule has 0 saturated carbocycles. The predicted octanol–water partition coefficient (Wildman–Crippen LogP) is 7.42. The molecule has 4 aromatic carbocycles. The van der Waals surface area contributed by atoms with E-state index in [1.807, 2.05) is 60.7 Å². The van der Waals surface area contributed by atoms with Gasteiger partial charge in [0.25, 0.3) is 0 Å². The third kappa shape index (κ3) is 5.24. The molecule has 178 valence electrons. The third-order valence-electron chi connectivity index (χ3n) is 5.79. The van der Waals surface area contributed by atoms with Gasteiger partial charge < -0.3 is 9.15 Å². The van der Waals surface area contributed by atoms with E-state index in [2.05, 4.69) is 57.3 Å². The van der Waals surface area contributed by atoms with Crippen molar-refractivity contribution in [2.75, 3.05) is 0 Å². The zero-order chi connectivity index (χ0) is 24.9.